The molecule has 2 rings (SSSR count). The highest BCUT2D eigenvalue weighted by Crippen LogP contribution is 2.33. The van der Waals surface area contributed by atoms with Crippen LogP contribution in [-0.4, -0.2) is 29.2 Å². The average Bonchev–Trinajstić information content (AvgIpc) is 2.24. The highest BCUT2D eigenvalue weighted by Gasteiger charge is 2.29. The molecular weight excluding hydrogens is 304 g/mol. The maximum atomic E-state index is 13.0. The van der Waals surface area contributed by atoms with Gasteiger partial charge in [0.25, 0.3) is 5.91 Å². The van der Waals surface area contributed by atoms with Crippen LogP contribution in [0, 0.1) is 17.6 Å². The lowest BCUT2D eigenvalue weighted by Crippen LogP contribution is -2.37. The molecule has 0 bridgehead atoms. The van der Waals surface area contributed by atoms with Gasteiger partial charge in [-0.15, -0.1) is 0 Å². The third-order valence-corrected chi connectivity index (χ3v) is 3.91. The largest absolute Gasteiger partial charge is 0.341 e. The number of nitrogens with zero attached hydrogens (tertiary/aromatic N) is 1. The van der Waals surface area contributed by atoms with Crippen molar-refractivity contribution in [2.24, 2.45) is 5.92 Å². The van der Waals surface area contributed by atoms with Crippen LogP contribution in [0.5, 0.6) is 0 Å². The first-order valence-corrected chi connectivity index (χ1v) is 6.73. The van der Waals surface area contributed by atoms with Crippen LogP contribution in [0.2, 0.25) is 0 Å². The van der Waals surface area contributed by atoms with Gasteiger partial charge in [-0.3, -0.25) is 4.79 Å². The minimum Gasteiger partial charge on any atom is -0.341 e. The molecule has 1 amide bonds. The Bertz CT molecular complexity index is 440. The van der Waals surface area contributed by atoms with Gasteiger partial charge in [-0.25, -0.2) is 8.78 Å². The zero-order valence-electron chi connectivity index (χ0n) is 10.00. The van der Waals surface area contributed by atoms with Crippen LogP contribution in [0.3, 0.4) is 0 Å². The van der Waals surface area contributed by atoms with Crippen molar-refractivity contribution in [1.29, 1.82) is 0 Å². The molecule has 98 valence electrons. The molecule has 0 atom stereocenters. The molecular formula is C13H14BrF2NO. The predicted octanol–water partition coefficient (Wildman–Crippen LogP) is 3.21. The summed E-state index contributed by atoms with van der Waals surface area (Å²) in [4.78, 5) is 14.1. The molecule has 0 saturated heterocycles. The number of carbonyl (C=O) groups is 1. The van der Waals surface area contributed by atoms with E-state index < -0.39 is 11.6 Å². The molecule has 0 heterocycles. The average molecular weight is 318 g/mol. The third-order valence-electron chi connectivity index (χ3n) is 3.17. The molecule has 1 aromatic rings. The van der Waals surface area contributed by atoms with Gasteiger partial charge in [-0.05, 0) is 30.9 Å². The number of alkyl halides is 1. The van der Waals surface area contributed by atoms with E-state index in [1.54, 1.807) is 7.05 Å². The van der Waals surface area contributed by atoms with Crippen molar-refractivity contribution in [3.05, 3.63) is 35.4 Å². The molecule has 1 fully saturated rings. The predicted molar refractivity (Wildman–Crippen MR) is 68.8 cm³/mol. The Labute approximate surface area is 113 Å². The minimum atomic E-state index is -0.726. The summed E-state index contributed by atoms with van der Waals surface area (Å²) in [6.45, 7) is 0.624. The molecule has 1 aliphatic carbocycles. The second-order valence-corrected chi connectivity index (χ2v) is 6.07. The van der Waals surface area contributed by atoms with Crippen LogP contribution in [-0.2, 0) is 0 Å². The Kier molecular flexibility index (Phi) is 4.00. The number of hydrogen-bond acceptors (Lipinski definition) is 1. The van der Waals surface area contributed by atoms with Gasteiger partial charge in [0.2, 0.25) is 0 Å². The van der Waals surface area contributed by atoms with E-state index in [4.69, 9.17) is 0 Å². The number of carbonyl (C=O) groups excluding carboxylic acids is 1. The zero-order valence-corrected chi connectivity index (χ0v) is 11.6. The van der Waals surface area contributed by atoms with Crippen molar-refractivity contribution >= 4 is 21.8 Å². The number of rotatable bonds is 3. The molecule has 0 N–H and O–H groups in total. The molecule has 18 heavy (non-hydrogen) atoms. The molecule has 0 aliphatic heterocycles. The van der Waals surface area contributed by atoms with Crippen LogP contribution in [0.15, 0.2) is 18.2 Å². The van der Waals surface area contributed by atoms with Crippen molar-refractivity contribution in [2.75, 3.05) is 13.6 Å². The first-order valence-electron chi connectivity index (χ1n) is 5.81. The van der Waals surface area contributed by atoms with Gasteiger partial charge < -0.3 is 4.90 Å². The van der Waals surface area contributed by atoms with E-state index in [2.05, 4.69) is 15.9 Å². The first kappa shape index (κ1) is 13.5. The highest BCUT2D eigenvalue weighted by molar-refractivity contribution is 9.09. The van der Waals surface area contributed by atoms with Gasteiger partial charge >= 0.3 is 0 Å². The fourth-order valence-electron chi connectivity index (χ4n) is 2.17. The molecule has 1 saturated carbocycles. The second-order valence-electron chi connectivity index (χ2n) is 4.78. The molecule has 1 aromatic carbocycles. The Morgan fingerprint density at radius 3 is 2.39 bits per heavy atom. The van der Waals surface area contributed by atoms with Gasteiger partial charge in [0.1, 0.15) is 11.6 Å². The number of hydrogen-bond donors (Lipinski definition) is 0. The molecule has 2 nitrogen and oxygen atoms in total. The Morgan fingerprint density at radius 2 is 1.89 bits per heavy atom. The topological polar surface area (TPSA) is 20.3 Å². The van der Waals surface area contributed by atoms with E-state index in [1.165, 1.54) is 4.90 Å². The van der Waals surface area contributed by atoms with Crippen LogP contribution in [0.25, 0.3) is 0 Å². The van der Waals surface area contributed by atoms with Gasteiger partial charge in [0.05, 0.1) is 0 Å². The monoisotopic (exact) mass is 317 g/mol. The summed E-state index contributed by atoms with van der Waals surface area (Å²) in [6.07, 6.45) is 2.07. The van der Waals surface area contributed by atoms with Crippen molar-refractivity contribution in [3.63, 3.8) is 0 Å². The van der Waals surface area contributed by atoms with E-state index in [1.807, 2.05) is 0 Å². The van der Waals surface area contributed by atoms with E-state index in [-0.39, 0.29) is 11.5 Å². The lowest BCUT2D eigenvalue weighted by molar-refractivity contribution is 0.0747. The van der Waals surface area contributed by atoms with Crippen molar-refractivity contribution in [1.82, 2.24) is 4.90 Å². The van der Waals surface area contributed by atoms with E-state index >= 15 is 0 Å². The normalized spacial score (nSPS) is 22.4. The maximum absolute atomic E-state index is 13.0. The second kappa shape index (κ2) is 5.34. The Balaban J connectivity index is 2.01. The van der Waals surface area contributed by atoms with Crippen molar-refractivity contribution in [3.8, 4) is 0 Å². The van der Waals surface area contributed by atoms with E-state index in [0.717, 1.165) is 31.0 Å². The van der Waals surface area contributed by atoms with Crippen LogP contribution < -0.4 is 0 Å². The number of benzene rings is 1. The number of amides is 1. The summed E-state index contributed by atoms with van der Waals surface area (Å²) in [5.41, 5.74) is 0.0599. The van der Waals surface area contributed by atoms with Gasteiger partial charge in [0.15, 0.2) is 0 Å². The van der Waals surface area contributed by atoms with Crippen molar-refractivity contribution < 1.29 is 13.6 Å². The summed E-state index contributed by atoms with van der Waals surface area (Å²) in [6, 6.07) is 2.89. The smallest absolute Gasteiger partial charge is 0.253 e. The molecule has 0 aromatic heterocycles. The fraction of sp³-hybridized carbons (Fsp3) is 0.462. The summed E-state index contributed by atoms with van der Waals surface area (Å²) in [7, 11) is 1.66. The molecule has 0 spiro atoms. The fourth-order valence-corrected chi connectivity index (χ4v) is 3.23. The van der Waals surface area contributed by atoms with Gasteiger partial charge in [-0.1, -0.05) is 15.9 Å². The summed E-state index contributed by atoms with van der Waals surface area (Å²) >= 11 is 3.49. The summed E-state index contributed by atoms with van der Waals surface area (Å²) < 4.78 is 26.1. The third kappa shape index (κ3) is 3.07. The van der Waals surface area contributed by atoms with Crippen molar-refractivity contribution in [2.45, 2.75) is 17.7 Å². The quantitative estimate of drug-likeness (QED) is 0.784. The van der Waals surface area contributed by atoms with Gasteiger partial charge in [-0.2, -0.15) is 0 Å². The zero-order chi connectivity index (χ0) is 13.3. The molecule has 0 unspecified atom stereocenters. The molecule has 1 aliphatic rings. The molecule has 0 radical (unpaired) electrons. The Hall–Kier alpha value is -0.970. The summed E-state index contributed by atoms with van der Waals surface area (Å²) in [5.74, 6) is -1.32. The first-order chi connectivity index (χ1) is 8.45. The number of halogens is 3. The van der Waals surface area contributed by atoms with Gasteiger partial charge in [0, 0.05) is 30.0 Å². The van der Waals surface area contributed by atoms with E-state index in [0.29, 0.717) is 17.3 Å². The summed E-state index contributed by atoms with van der Waals surface area (Å²) in [5, 5.41) is 0. The highest BCUT2D eigenvalue weighted by atomic mass is 79.9. The van der Waals surface area contributed by atoms with Crippen LogP contribution >= 0.6 is 15.9 Å². The lowest BCUT2D eigenvalue weighted by atomic mass is 9.85. The minimum absolute atomic E-state index is 0.0599. The Morgan fingerprint density at radius 1 is 1.33 bits per heavy atom. The van der Waals surface area contributed by atoms with Crippen LogP contribution in [0.1, 0.15) is 23.2 Å². The van der Waals surface area contributed by atoms with Crippen LogP contribution in [0.4, 0.5) is 8.78 Å². The SMILES string of the molecule is CN(CC1CC(Br)C1)C(=O)c1cc(F)cc(F)c1. The maximum Gasteiger partial charge on any atom is 0.253 e. The molecule has 5 heteroatoms. The standard InChI is InChI=1S/C13H14BrF2NO/c1-17(7-8-2-10(14)3-8)13(18)9-4-11(15)6-12(16)5-9/h4-6,8,10H,2-3,7H2,1H3. The van der Waals surface area contributed by atoms with E-state index in [9.17, 15) is 13.6 Å². The lowest BCUT2D eigenvalue weighted by Gasteiger charge is -2.34.